The molecule has 1 amide bonds. The largest absolute Gasteiger partial charge is 0.497 e. The predicted octanol–water partition coefficient (Wildman–Crippen LogP) is 1.35. The molecule has 0 spiro atoms. The number of ether oxygens (including phenoxy) is 1. The summed E-state index contributed by atoms with van der Waals surface area (Å²) in [5.74, 6) is 0.784. The second kappa shape index (κ2) is 7.79. The van der Waals surface area contributed by atoms with Crippen LogP contribution in [0, 0.1) is 0 Å². The van der Waals surface area contributed by atoms with Crippen LogP contribution in [0.3, 0.4) is 0 Å². The molecule has 1 atom stereocenters. The Morgan fingerprint density at radius 3 is 2.77 bits per heavy atom. The average molecular weight is 321 g/mol. The lowest BCUT2D eigenvalue weighted by Crippen LogP contribution is -2.30. The third-order valence-electron chi connectivity index (χ3n) is 2.99. The summed E-state index contributed by atoms with van der Waals surface area (Å²) in [4.78, 5) is 11.8. The minimum Gasteiger partial charge on any atom is -0.497 e. The Labute approximate surface area is 133 Å². The van der Waals surface area contributed by atoms with Gasteiger partial charge in [0.25, 0.3) is 0 Å². The maximum absolute atomic E-state index is 11.8. The lowest BCUT2D eigenvalue weighted by molar-refractivity contribution is -0.120. The van der Waals surface area contributed by atoms with Crippen LogP contribution in [0.1, 0.15) is 19.4 Å². The molecule has 1 aromatic heterocycles. The first-order chi connectivity index (χ1) is 10.6. The van der Waals surface area contributed by atoms with Crippen molar-refractivity contribution in [3.63, 3.8) is 0 Å². The SMILES string of the molecule is CCNC(=O)C(C)Sc1nnnn1Cc1ccc(OC)cc1. The molecule has 1 aromatic carbocycles. The molecule has 0 bridgehead atoms. The first-order valence-corrected chi connectivity index (χ1v) is 7.85. The van der Waals surface area contributed by atoms with Crippen LogP contribution in [-0.4, -0.2) is 45.0 Å². The number of nitrogens with zero attached hydrogens (tertiary/aromatic N) is 4. The topological polar surface area (TPSA) is 81.9 Å². The fourth-order valence-electron chi connectivity index (χ4n) is 1.81. The van der Waals surface area contributed by atoms with Crippen LogP contribution in [0.25, 0.3) is 0 Å². The first-order valence-electron chi connectivity index (χ1n) is 6.97. The van der Waals surface area contributed by atoms with E-state index in [2.05, 4.69) is 20.8 Å². The molecule has 0 saturated carbocycles. The van der Waals surface area contributed by atoms with Crippen molar-refractivity contribution in [2.45, 2.75) is 30.8 Å². The van der Waals surface area contributed by atoms with Gasteiger partial charge in [0.15, 0.2) is 0 Å². The van der Waals surface area contributed by atoms with Gasteiger partial charge in [0.1, 0.15) is 5.75 Å². The van der Waals surface area contributed by atoms with Gasteiger partial charge in [-0.1, -0.05) is 23.9 Å². The average Bonchev–Trinajstić information content (AvgIpc) is 2.95. The maximum Gasteiger partial charge on any atom is 0.233 e. The lowest BCUT2D eigenvalue weighted by atomic mass is 10.2. The highest BCUT2D eigenvalue weighted by Crippen LogP contribution is 2.21. The molecule has 0 aliphatic heterocycles. The normalized spacial score (nSPS) is 12.0. The highest BCUT2D eigenvalue weighted by Gasteiger charge is 2.17. The van der Waals surface area contributed by atoms with Gasteiger partial charge in [-0.05, 0) is 42.0 Å². The van der Waals surface area contributed by atoms with Gasteiger partial charge in [0.05, 0.1) is 18.9 Å². The molecule has 0 aliphatic rings. The Bertz CT molecular complexity index is 614. The van der Waals surface area contributed by atoms with Crippen LogP contribution >= 0.6 is 11.8 Å². The van der Waals surface area contributed by atoms with Crippen LogP contribution in [-0.2, 0) is 11.3 Å². The molecule has 22 heavy (non-hydrogen) atoms. The Morgan fingerprint density at radius 2 is 2.14 bits per heavy atom. The third-order valence-corrected chi connectivity index (χ3v) is 4.06. The van der Waals surface area contributed by atoms with Gasteiger partial charge in [0, 0.05) is 6.54 Å². The Kier molecular flexibility index (Phi) is 5.76. The summed E-state index contributed by atoms with van der Waals surface area (Å²) >= 11 is 1.34. The molecule has 118 valence electrons. The highest BCUT2D eigenvalue weighted by atomic mass is 32.2. The van der Waals surface area contributed by atoms with Gasteiger partial charge in [-0.3, -0.25) is 4.79 Å². The third kappa shape index (κ3) is 4.20. The summed E-state index contributed by atoms with van der Waals surface area (Å²) < 4.78 is 6.82. The smallest absolute Gasteiger partial charge is 0.233 e. The van der Waals surface area contributed by atoms with E-state index in [1.807, 2.05) is 38.1 Å². The van der Waals surface area contributed by atoms with Crippen molar-refractivity contribution in [2.24, 2.45) is 0 Å². The monoisotopic (exact) mass is 321 g/mol. The number of tetrazole rings is 1. The van der Waals surface area contributed by atoms with E-state index in [-0.39, 0.29) is 11.2 Å². The van der Waals surface area contributed by atoms with E-state index in [9.17, 15) is 4.79 Å². The number of aromatic nitrogens is 4. The van der Waals surface area contributed by atoms with Crippen molar-refractivity contribution >= 4 is 17.7 Å². The van der Waals surface area contributed by atoms with E-state index in [0.717, 1.165) is 11.3 Å². The number of carbonyl (C=O) groups is 1. The summed E-state index contributed by atoms with van der Waals surface area (Å²) in [6.07, 6.45) is 0. The fourth-order valence-corrected chi connectivity index (χ4v) is 2.63. The summed E-state index contributed by atoms with van der Waals surface area (Å²) in [7, 11) is 1.63. The number of thioether (sulfide) groups is 1. The number of hydrogen-bond donors (Lipinski definition) is 1. The van der Waals surface area contributed by atoms with Gasteiger partial charge in [-0.25, -0.2) is 4.68 Å². The quantitative estimate of drug-likeness (QED) is 0.775. The first kappa shape index (κ1) is 16.3. The van der Waals surface area contributed by atoms with Crippen LogP contribution in [0.15, 0.2) is 29.4 Å². The number of benzene rings is 1. The summed E-state index contributed by atoms with van der Waals surface area (Å²) in [5, 5.41) is 14.8. The molecule has 0 radical (unpaired) electrons. The van der Waals surface area contributed by atoms with Crippen LogP contribution in [0.2, 0.25) is 0 Å². The molecular formula is C14H19N5O2S. The van der Waals surface area contributed by atoms with Crippen LogP contribution in [0.4, 0.5) is 0 Å². The standard InChI is InChI=1S/C14H19N5O2S/c1-4-15-13(20)10(2)22-14-16-17-18-19(14)9-11-5-7-12(21-3)8-6-11/h5-8,10H,4,9H2,1-3H3,(H,15,20). The molecular weight excluding hydrogens is 302 g/mol. The van der Waals surface area contributed by atoms with Crippen molar-refractivity contribution in [3.05, 3.63) is 29.8 Å². The number of methoxy groups -OCH3 is 1. The molecule has 8 heteroatoms. The zero-order chi connectivity index (χ0) is 15.9. The van der Waals surface area contributed by atoms with Crippen molar-refractivity contribution in [1.29, 1.82) is 0 Å². The Hall–Kier alpha value is -2.09. The number of carbonyl (C=O) groups excluding carboxylic acids is 1. The fraction of sp³-hybridized carbons (Fsp3) is 0.429. The van der Waals surface area contributed by atoms with E-state index in [4.69, 9.17) is 4.74 Å². The van der Waals surface area contributed by atoms with Crippen LogP contribution < -0.4 is 10.1 Å². The van der Waals surface area contributed by atoms with E-state index >= 15 is 0 Å². The zero-order valence-electron chi connectivity index (χ0n) is 12.8. The van der Waals surface area contributed by atoms with E-state index < -0.39 is 0 Å². The van der Waals surface area contributed by atoms with Crippen molar-refractivity contribution < 1.29 is 9.53 Å². The molecule has 2 aromatic rings. The molecule has 0 saturated heterocycles. The Balaban J connectivity index is 2.03. The number of amides is 1. The van der Waals surface area contributed by atoms with Crippen LogP contribution in [0.5, 0.6) is 5.75 Å². The van der Waals surface area contributed by atoms with E-state index in [1.54, 1.807) is 11.8 Å². The second-order valence-electron chi connectivity index (χ2n) is 4.62. The summed E-state index contributed by atoms with van der Waals surface area (Å²) in [6.45, 7) is 4.88. The number of hydrogen-bond acceptors (Lipinski definition) is 6. The van der Waals surface area contributed by atoms with Gasteiger partial charge < -0.3 is 10.1 Å². The number of nitrogens with one attached hydrogen (secondary N) is 1. The Morgan fingerprint density at radius 1 is 1.41 bits per heavy atom. The van der Waals surface area contributed by atoms with E-state index in [1.165, 1.54) is 11.8 Å². The lowest BCUT2D eigenvalue weighted by Gasteiger charge is -2.10. The van der Waals surface area contributed by atoms with Crippen molar-refractivity contribution in [1.82, 2.24) is 25.5 Å². The zero-order valence-corrected chi connectivity index (χ0v) is 13.6. The molecule has 7 nitrogen and oxygen atoms in total. The maximum atomic E-state index is 11.8. The molecule has 0 aliphatic carbocycles. The summed E-state index contributed by atoms with van der Waals surface area (Å²) in [6, 6.07) is 7.71. The van der Waals surface area contributed by atoms with Gasteiger partial charge in [-0.15, -0.1) is 5.10 Å². The van der Waals surface area contributed by atoms with Crippen molar-refractivity contribution in [2.75, 3.05) is 13.7 Å². The van der Waals surface area contributed by atoms with Gasteiger partial charge >= 0.3 is 0 Å². The van der Waals surface area contributed by atoms with Crippen molar-refractivity contribution in [3.8, 4) is 5.75 Å². The highest BCUT2D eigenvalue weighted by molar-refractivity contribution is 8.00. The van der Waals surface area contributed by atoms with Gasteiger partial charge in [0.2, 0.25) is 11.1 Å². The minimum absolute atomic E-state index is 0.0218. The predicted molar refractivity (Wildman–Crippen MR) is 83.9 cm³/mol. The van der Waals surface area contributed by atoms with E-state index in [0.29, 0.717) is 18.2 Å². The molecule has 2 rings (SSSR count). The second-order valence-corrected chi connectivity index (χ2v) is 5.93. The molecule has 1 N–H and O–H groups in total. The molecule has 1 unspecified atom stereocenters. The molecule has 0 fully saturated rings. The van der Waals surface area contributed by atoms with Gasteiger partial charge in [-0.2, -0.15) is 0 Å². The minimum atomic E-state index is -0.249. The number of rotatable bonds is 7. The summed E-state index contributed by atoms with van der Waals surface area (Å²) in [5.41, 5.74) is 1.06. The molecule has 1 heterocycles.